The summed E-state index contributed by atoms with van der Waals surface area (Å²) in [6.45, 7) is 7.16. The first-order chi connectivity index (χ1) is 9.03. The molecule has 0 amide bonds. The van der Waals surface area contributed by atoms with Crippen molar-refractivity contribution in [3.63, 3.8) is 0 Å². The summed E-state index contributed by atoms with van der Waals surface area (Å²) in [4.78, 5) is 0. The SMILES string of the molecule is CC(C)(C)OCCOc1ccccc1C#CCCCl. The molecule has 0 heterocycles. The molecule has 104 valence electrons. The van der Waals surface area contributed by atoms with E-state index in [-0.39, 0.29) is 5.60 Å². The number of hydrogen-bond donors (Lipinski definition) is 0. The molecule has 0 atom stereocenters. The Morgan fingerprint density at radius 1 is 1.16 bits per heavy atom. The number of ether oxygens (including phenoxy) is 2. The van der Waals surface area contributed by atoms with Crippen molar-refractivity contribution in [3.05, 3.63) is 29.8 Å². The lowest BCUT2D eigenvalue weighted by Gasteiger charge is -2.19. The van der Waals surface area contributed by atoms with E-state index in [1.165, 1.54) is 0 Å². The van der Waals surface area contributed by atoms with Crippen molar-refractivity contribution >= 4 is 11.6 Å². The van der Waals surface area contributed by atoms with E-state index in [2.05, 4.69) is 11.8 Å². The minimum absolute atomic E-state index is 0.136. The maximum absolute atomic E-state index is 5.70. The molecule has 0 fully saturated rings. The molecule has 0 N–H and O–H groups in total. The molecule has 1 aromatic carbocycles. The first kappa shape index (κ1) is 15.9. The molecular formula is C16H21ClO2. The quantitative estimate of drug-likeness (QED) is 0.463. The Balaban J connectivity index is 2.52. The van der Waals surface area contributed by atoms with Crippen LogP contribution >= 0.6 is 11.6 Å². The van der Waals surface area contributed by atoms with E-state index in [0.717, 1.165) is 11.3 Å². The Morgan fingerprint density at radius 3 is 2.58 bits per heavy atom. The molecule has 0 radical (unpaired) electrons. The molecule has 0 aliphatic heterocycles. The van der Waals surface area contributed by atoms with Gasteiger partial charge >= 0.3 is 0 Å². The van der Waals surface area contributed by atoms with E-state index >= 15 is 0 Å². The second-order valence-corrected chi connectivity index (χ2v) is 5.42. The smallest absolute Gasteiger partial charge is 0.135 e. The summed E-state index contributed by atoms with van der Waals surface area (Å²) in [6.07, 6.45) is 0.684. The monoisotopic (exact) mass is 280 g/mol. The maximum Gasteiger partial charge on any atom is 0.135 e. The van der Waals surface area contributed by atoms with Gasteiger partial charge in [-0.2, -0.15) is 0 Å². The predicted molar refractivity (Wildman–Crippen MR) is 79.9 cm³/mol. The third kappa shape index (κ3) is 7.10. The topological polar surface area (TPSA) is 18.5 Å². The normalized spacial score (nSPS) is 10.7. The highest BCUT2D eigenvalue weighted by Gasteiger charge is 2.09. The molecule has 0 aromatic heterocycles. The minimum Gasteiger partial charge on any atom is -0.490 e. The second-order valence-electron chi connectivity index (χ2n) is 5.05. The summed E-state index contributed by atoms with van der Waals surface area (Å²) < 4.78 is 11.3. The maximum atomic E-state index is 5.70. The highest BCUT2D eigenvalue weighted by atomic mass is 35.5. The van der Waals surface area contributed by atoms with Crippen molar-refractivity contribution in [1.82, 2.24) is 0 Å². The van der Waals surface area contributed by atoms with Crippen molar-refractivity contribution in [2.75, 3.05) is 19.1 Å². The minimum atomic E-state index is -0.136. The summed E-state index contributed by atoms with van der Waals surface area (Å²) in [6, 6.07) is 7.75. The average Bonchev–Trinajstić information content (AvgIpc) is 2.35. The van der Waals surface area contributed by atoms with Crippen molar-refractivity contribution in [2.24, 2.45) is 0 Å². The summed E-state index contributed by atoms with van der Waals surface area (Å²) in [5.41, 5.74) is 0.756. The van der Waals surface area contributed by atoms with Crippen LogP contribution in [-0.4, -0.2) is 24.7 Å². The number of rotatable bonds is 5. The summed E-state index contributed by atoms with van der Waals surface area (Å²) >= 11 is 5.60. The van der Waals surface area contributed by atoms with Gasteiger partial charge in [-0.3, -0.25) is 0 Å². The zero-order chi connectivity index (χ0) is 14.1. The van der Waals surface area contributed by atoms with Crippen LogP contribution in [0.5, 0.6) is 5.75 Å². The Bertz CT molecular complexity index is 438. The predicted octanol–water partition coefficient (Wildman–Crippen LogP) is 3.86. The molecule has 0 aliphatic carbocycles. The van der Waals surface area contributed by atoms with Crippen LogP contribution in [0.1, 0.15) is 32.8 Å². The summed E-state index contributed by atoms with van der Waals surface area (Å²) in [7, 11) is 0. The first-order valence-electron chi connectivity index (χ1n) is 6.43. The fraction of sp³-hybridized carbons (Fsp3) is 0.500. The summed E-state index contributed by atoms with van der Waals surface area (Å²) in [5, 5.41) is 0. The van der Waals surface area contributed by atoms with Crippen LogP contribution in [0.4, 0.5) is 0 Å². The standard InChI is InChI=1S/C16H21ClO2/c1-16(2,3)19-13-12-18-15-10-5-4-8-14(15)9-6-7-11-17/h4-5,8,10H,7,11-13H2,1-3H3. The van der Waals surface area contributed by atoms with Gasteiger partial charge in [0.2, 0.25) is 0 Å². The average molecular weight is 281 g/mol. The fourth-order valence-corrected chi connectivity index (χ4v) is 1.49. The van der Waals surface area contributed by atoms with Crippen molar-refractivity contribution in [2.45, 2.75) is 32.8 Å². The van der Waals surface area contributed by atoms with Gasteiger partial charge in [0.1, 0.15) is 12.4 Å². The molecule has 1 rings (SSSR count). The lowest BCUT2D eigenvalue weighted by molar-refractivity contribution is -0.0163. The van der Waals surface area contributed by atoms with Crippen molar-refractivity contribution in [1.29, 1.82) is 0 Å². The van der Waals surface area contributed by atoms with E-state index in [1.54, 1.807) is 0 Å². The zero-order valence-corrected chi connectivity index (χ0v) is 12.6. The van der Waals surface area contributed by atoms with E-state index in [0.29, 0.717) is 25.5 Å². The van der Waals surface area contributed by atoms with Gasteiger partial charge in [0.15, 0.2) is 0 Å². The highest BCUT2D eigenvalue weighted by molar-refractivity contribution is 6.18. The Kier molecular flexibility index (Phi) is 6.77. The van der Waals surface area contributed by atoms with Gasteiger partial charge in [0.05, 0.1) is 17.8 Å². The third-order valence-corrected chi connectivity index (χ3v) is 2.39. The molecular weight excluding hydrogens is 260 g/mol. The lowest BCUT2D eigenvalue weighted by atomic mass is 10.2. The molecule has 0 unspecified atom stereocenters. The van der Waals surface area contributed by atoms with Gasteiger partial charge in [0, 0.05) is 12.3 Å². The highest BCUT2D eigenvalue weighted by Crippen LogP contribution is 2.17. The number of halogens is 1. The Morgan fingerprint density at radius 2 is 1.89 bits per heavy atom. The van der Waals surface area contributed by atoms with Crippen molar-refractivity contribution in [3.8, 4) is 17.6 Å². The van der Waals surface area contributed by atoms with Crippen LogP contribution < -0.4 is 4.74 Å². The Hall–Kier alpha value is -1.17. The van der Waals surface area contributed by atoms with Gasteiger partial charge in [-0.25, -0.2) is 0 Å². The largest absolute Gasteiger partial charge is 0.490 e. The van der Waals surface area contributed by atoms with Crippen LogP contribution in [0.3, 0.4) is 0 Å². The molecule has 19 heavy (non-hydrogen) atoms. The van der Waals surface area contributed by atoms with Crippen LogP contribution in [0.15, 0.2) is 24.3 Å². The first-order valence-corrected chi connectivity index (χ1v) is 6.97. The second kappa shape index (κ2) is 8.09. The van der Waals surface area contributed by atoms with Gasteiger partial charge in [-0.05, 0) is 32.9 Å². The van der Waals surface area contributed by atoms with Crippen LogP contribution in [0, 0.1) is 11.8 Å². The van der Waals surface area contributed by atoms with Gasteiger partial charge in [-0.15, -0.1) is 11.6 Å². The number of alkyl halides is 1. The van der Waals surface area contributed by atoms with E-state index < -0.39 is 0 Å². The molecule has 0 spiro atoms. The number of para-hydroxylation sites is 1. The number of hydrogen-bond acceptors (Lipinski definition) is 2. The molecule has 0 saturated heterocycles. The van der Waals surface area contributed by atoms with Gasteiger partial charge < -0.3 is 9.47 Å². The van der Waals surface area contributed by atoms with Gasteiger partial charge in [-0.1, -0.05) is 24.0 Å². The van der Waals surface area contributed by atoms with E-state index in [9.17, 15) is 0 Å². The van der Waals surface area contributed by atoms with Crippen LogP contribution in [0.25, 0.3) is 0 Å². The third-order valence-electron chi connectivity index (χ3n) is 2.21. The fourth-order valence-electron chi connectivity index (χ4n) is 1.40. The lowest BCUT2D eigenvalue weighted by Crippen LogP contribution is -2.22. The molecule has 3 heteroatoms. The summed E-state index contributed by atoms with van der Waals surface area (Å²) in [5.74, 6) is 7.43. The molecule has 2 nitrogen and oxygen atoms in total. The van der Waals surface area contributed by atoms with E-state index in [4.69, 9.17) is 21.1 Å². The molecule has 0 bridgehead atoms. The molecule has 0 saturated carbocycles. The zero-order valence-electron chi connectivity index (χ0n) is 11.8. The molecule has 0 aliphatic rings. The van der Waals surface area contributed by atoms with Gasteiger partial charge in [0.25, 0.3) is 0 Å². The Labute approximate surface area is 121 Å². The van der Waals surface area contributed by atoms with Crippen LogP contribution in [0.2, 0.25) is 0 Å². The molecule has 1 aromatic rings. The number of benzene rings is 1. The van der Waals surface area contributed by atoms with E-state index in [1.807, 2.05) is 45.0 Å². The van der Waals surface area contributed by atoms with Crippen molar-refractivity contribution < 1.29 is 9.47 Å². The van der Waals surface area contributed by atoms with Crippen LogP contribution in [-0.2, 0) is 4.74 Å².